The molecule has 0 aliphatic carbocycles. The topological polar surface area (TPSA) is 76.8 Å². The molecule has 2 N–H and O–H groups in total. The van der Waals surface area contributed by atoms with Gasteiger partial charge in [-0.05, 0) is 35.7 Å². The van der Waals surface area contributed by atoms with E-state index in [-0.39, 0.29) is 5.69 Å². The molecule has 110 valence electrons. The van der Waals surface area contributed by atoms with Gasteiger partial charge in [0.2, 0.25) is 0 Å². The lowest BCUT2D eigenvalue weighted by atomic mass is 9.91. The molecule has 0 atom stereocenters. The molecule has 0 heterocycles. The molecule has 22 heavy (non-hydrogen) atoms. The Hall–Kier alpha value is -2.98. The number of anilines is 2. The number of nitrogens with two attached hydrogens (primary N) is 1. The smallest absolute Gasteiger partial charge is 0.102 e. The second-order valence-corrected chi connectivity index (χ2v) is 5.27. The molecule has 0 aliphatic heterocycles. The zero-order chi connectivity index (χ0) is 16.3. The van der Waals surface area contributed by atoms with Gasteiger partial charge < -0.3 is 10.6 Å². The summed E-state index contributed by atoms with van der Waals surface area (Å²) in [5.41, 5.74) is 10.7. The van der Waals surface area contributed by atoms with Crippen molar-refractivity contribution in [3.63, 3.8) is 0 Å². The number of nitriles is 2. The average Bonchev–Trinajstić information content (AvgIpc) is 2.53. The maximum atomic E-state index is 9.44. The van der Waals surface area contributed by atoms with E-state index in [0.717, 1.165) is 22.4 Å². The standard InChI is InChI=1S/C18H18N4/c1-4-12-9-15(17(11-20)18(21)16(12)10-19)13-5-7-14(8-6-13)22(2)3/h5-9H,4,21H2,1-3H3. The van der Waals surface area contributed by atoms with Gasteiger partial charge >= 0.3 is 0 Å². The fourth-order valence-electron chi connectivity index (χ4n) is 2.46. The Morgan fingerprint density at radius 1 is 1.05 bits per heavy atom. The summed E-state index contributed by atoms with van der Waals surface area (Å²) >= 11 is 0. The maximum absolute atomic E-state index is 9.44. The molecule has 4 heteroatoms. The van der Waals surface area contributed by atoms with Crippen LogP contribution in [0, 0.1) is 22.7 Å². The summed E-state index contributed by atoms with van der Waals surface area (Å²) in [6.45, 7) is 1.97. The van der Waals surface area contributed by atoms with Crippen molar-refractivity contribution in [3.05, 3.63) is 47.0 Å². The van der Waals surface area contributed by atoms with E-state index < -0.39 is 0 Å². The van der Waals surface area contributed by atoms with E-state index in [1.807, 2.05) is 56.3 Å². The zero-order valence-corrected chi connectivity index (χ0v) is 13.0. The average molecular weight is 290 g/mol. The summed E-state index contributed by atoms with van der Waals surface area (Å²) in [5, 5.41) is 18.7. The predicted octanol–water partition coefficient (Wildman–Crippen LogP) is 3.31. The Morgan fingerprint density at radius 2 is 1.64 bits per heavy atom. The Morgan fingerprint density at radius 3 is 2.09 bits per heavy atom. The monoisotopic (exact) mass is 290 g/mol. The number of nitrogen functional groups attached to an aromatic ring is 1. The van der Waals surface area contributed by atoms with E-state index in [2.05, 4.69) is 12.1 Å². The van der Waals surface area contributed by atoms with Crippen molar-refractivity contribution < 1.29 is 0 Å². The molecule has 0 bridgehead atoms. The van der Waals surface area contributed by atoms with E-state index in [1.54, 1.807) is 0 Å². The molecular formula is C18H18N4. The number of nitrogens with zero attached hydrogens (tertiary/aromatic N) is 3. The lowest BCUT2D eigenvalue weighted by Crippen LogP contribution is -2.08. The third-order valence-electron chi connectivity index (χ3n) is 3.75. The normalized spacial score (nSPS) is 9.86. The number of aryl methyl sites for hydroxylation is 1. The Labute approximate surface area is 131 Å². The van der Waals surface area contributed by atoms with Crippen LogP contribution in [0.5, 0.6) is 0 Å². The Balaban J connectivity index is 2.67. The third-order valence-corrected chi connectivity index (χ3v) is 3.75. The van der Waals surface area contributed by atoms with Crippen molar-refractivity contribution >= 4 is 11.4 Å². The van der Waals surface area contributed by atoms with Crippen LogP contribution >= 0.6 is 0 Å². The quantitative estimate of drug-likeness (QED) is 0.880. The van der Waals surface area contributed by atoms with Gasteiger partial charge in [0.05, 0.1) is 16.8 Å². The van der Waals surface area contributed by atoms with E-state index in [4.69, 9.17) is 5.73 Å². The summed E-state index contributed by atoms with van der Waals surface area (Å²) < 4.78 is 0. The van der Waals surface area contributed by atoms with Crippen LogP contribution in [0.1, 0.15) is 23.6 Å². The molecule has 2 rings (SSSR count). The van der Waals surface area contributed by atoms with Gasteiger partial charge in [-0.1, -0.05) is 19.1 Å². The second-order valence-electron chi connectivity index (χ2n) is 5.27. The van der Waals surface area contributed by atoms with Crippen molar-refractivity contribution in [2.24, 2.45) is 0 Å². The second kappa shape index (κ2) is 6.20. The molecule has 0 spiro atoms. The van der Waals surface area contributed by atoms with E-state index in [1.165, 1.54) is 0 Å². The maximum Gasteiger partial charge on any atom is 0.102 e. The van der Waals surface area contributed by atoms with Crippen LogP contribution < -0.4 is 10.6 Å². The first-order chi connectivity index (χ1) is 10.5. The highest BCUT2D eigenvalue weighted by Gasteiger charge is 2.16. The predicted molar refractivity (Wildman–Crippen MR) is 89.4 cm³/mol. The molecule has 0 amide bonds. The van der Waals surface area contributed by atoms with Crippen molar-refractivity contribution in [2.45, 2.75) is 13.3 Å². The molecule has 0 saturated heterocycles. The lowest BCUT2D eigenvalue weighted by molar-refractivity contribution is 1.13. The van der Waals surface area contributed by atoms with Gasteiger partial charge in [-0.15, -0.1) is 0 Å². The van der Waals surface area contributed by atoms with Crippen LogP contribution in [0.15, 0.2) is 30.3 Å². The molecule has 0 fully saturated rings. The molecule has 2 aromatic carbocycles. The lowest BCUT2D eigenvalue weighted by Gasteiger charge is -2.15. The fraction of sp³-hybridized carbons (Fsp3) is 0.222. The first-order valence-electron chi connectivity index (χ1n) is 7.06. The molecule has 0 saturated carbocycles. The van der Waals surface area contributed by atoms with E-state index in [0.29, 0.717) is 17.5 Å². The van der Waals surface area contributed by atoms with Gasteiger partial charge in [0.1, 0.15) is 12.1 Å². The van der Waals surface area contributed by atoms with Crippen LogP contribution in [0.2, 0.25) is 0 Å². The van der Waals surface area contributed by atoms with E-state index in [9.17, 15) is 10.5 Å². The van der Waals surface area contributed by atoms with Gasteiger partial charge in [-0.25, -0.2) is 0 Å². The number of benzene rings is 2. The van der Waals surface area contributed by atoms with Crippen LogP contribution in [0.25, 0.3) is 11.1 Å². The Bertz CT molecular complexity index is 775. The summed E-state index contributed by atoms with van der Waals surface area (Å²) in [7, 11) is 3.95. The molecule has 0 unspecified atom stereocenters. The first kappa shape index (κ1) is 15.4. The molecule has 0 aliphatic rings. The highest BCUT2D eigenvalue weighted by Crippen LogP contribution is 2.33. The van der Waals surface area contributed by atoms with Crippen LogP contribution in [0.3, 0.4) is 0 Å². The fourth-order valence-corrected chi connectivity index (χ4v) is 2.46. The van der Waals surface area contributed by atoms with Gasteiger partial charge in [-0.3, -0.25) is 0 Å². The highest BCUT2D eigenvalue weighted by molar-refractivity contribution is 5.82. The molecule has 0 radical (unpaired) electrons. The van der Waals surface area contributed by atoms with Gasteiger partial charge in [0.15, 0.2) is 0 Å². The number of rotatable bonds is 3. The minimum absolute atomic E-state index is 0.274. The largest absolute Gasteiger partial charge is 0.397 e. The van der Waals surface area contributed by atoms with Crippen LogP contribution in [-0.2, 0) is 6.42 Å². The summed E-state index contributed by atoms with van der Waals surface area (Å²) in [6, 6.07) is 14.1. The summed E-state index contributed by atoms with van der Waals surface area (Å²) in [5.74, 6) is 0. The first-order valence-corrected chi connectivity index (χ1v) is 7.06. The van der Waals surface area contributed by atoms with Crippen molar-refractivity contribution in [3.8, 4) is 23.3 Å². The molecule has 2 aromatic rings. The van der Waals surface area contributed by atoms with Crippen molar-refractivity contribution in [2.75, 3.05) is 24.7 Å². The van der Waals surface area contributed by atoms with Gasteiger partial charge in [-0.2, -0.15) is 10.5 Å². The summed E-state index contributed by atoms with van der Waals surface area (Å²) in [4.78, 5) is 2.01. The molecular weight excluding hydrogens is 272 g/mol. The molecule has 4 nitrogen and oxygen atoms in total. The van der Waals surface area contributed by atoms with Crippen LogP contribution in [0.4, 0.5) is 11.4 Å². The highest BCUT2D eigenvalue weighted by atomic mass is 15.1. The number of hydrogen-bond acceptors (Lipinski definition) is 4. The van der Waals surface area contributed by atoms with Gasteiger partial charge in [0.25, 0.3) is 0 Å². The minimum Gasteiger partial charge on any atom is -0.397 e. The SMILES string of the molecule is CCc1cc(-c2ccc(N(C)C)cc2)c(C#N)c(N)c1C#N. The minimum atomic E-state index is 0.274. The van der Waals surface area contributed by atoms with Crippen molar-refractivity contribution in [1.82, 2.24) is 0 Å². The van der Waals surface area contributed by atoms with Crippen LogP contribution in [-0.4, -0.2) is 14.1 Å². The molecule has 0 aromatic heterocycles. The number of hydrogen-bond donors (Lipinski definition) is 1. The summed E-state index contributed by atoms with van der Waals surface area (Å²) in [6.07, 6.45) is 0.696. The third kappa shape index (κ3) is 2.60. The Kier molecular flexibility index (Phi) is 4.34. The van der Waals surface area contributed by atoms with E-state index >= 15 is 0 Å². The zero-order valence-electron chi connectivity index (χ0n) is 13.0. The van der Waals surface area contributed by atoms with Crippen molar-refractivity contribution in [1.29, 1.82) is 10.5 Å². The van der Waals surface area contributed by atoms with Gasteiger partial charge in [0, 0.05) is 25.3 Å².